The van der Waals surface area contributed by atoms with E-state index in [-0.39, 0.29) is 11.8 Å². The van der Waals surface area contributed by atoms with Crippen molar-refractivity contribution >= 4 is 28.9 Å². The third kappa shape index (κ3) is 4.22. The van der Waals surface area contributed by atoms with Crippen molar-refractivity contribution in [3.8, 4) is 0 Å². The van der Waals surface area contributed by atoms with Crippen LogP contribution in [0.2, 0.25) is 5.02 Å². The van der Waals surface area contributed by atoms with Crippen molar-refractivity contribution in [3.63, 3.8) is 0 Å². The van der Waals surface area contributed by atoms with Crippen LogP contribution in [0.25, 0.3) is 0 Å². The van der Waals surface area contributed by atoms with Crippen LogP contribution in [0.4, 0.5) is 11.4 Å². The number of hydrogen-bond donors (Lipinski definition) is 2. The zero-order valence-electron chi connectivity index (χ0n) is 11.0. The Kier molecular flexibility index (Phi) is 5.99. The summed E-state index contributed by atoms with van der Waals surface area (Å²) in [6.07, 6.45) is 3.94. The van der Waals surface area contributed by atoms with Gasteiger partial charge in [0.25, 0.3) is 0 Å². The molecule has 0 radical (unpaired) electrons. The van der Waals surface area contributed by atoms with Gasteiger partial charge in [-0.15, -0.1) is 0 Å². The number of hydrogen-bond acceptors (Lipinski definition) is 2. The Bertz CT molecular complexity index is 407. The normalized spacial score (nSPS) is 12.2. The second-order valence-electron chi connectivity index (χ2n) is 4.48. The molecule has 1 rings (SSSR count). The Morgan fingerprint density at radius 1 is 1.44 bits per heavy atom. The van der Waals surface area contributed by atoms with E-state index < -0.39 is 0 Å². The molecule has 0 aliphatic carbocycles. The molecule has 1 atom stereocenters. The van der Waals surface area contributed by atoms with Crippen molar-refractivity contribution in [3.05, 3.63) is 23.2 Å². The molecule has 4 heteroatoms. The number of amides is 1. The average Bonchev–Trinajstić information content (AvgIpc) is 2.34. The number of unbranched alkanes of at least 4 members (excludes halogenated alkanes) is 1. The second kappa shape index (κ2) is 7.27. The van der Waals surface area contributed by atoms with Crippen molar-refractivity contribution < 1.29 is 4.79 Å². The Labute approximate surface area is 114 Å². The van der Waals surface area contributed by atoms with E-state index in [0.29, 0.717) is 16.4 Å². The molecule has 1 amide bonds. The van der Waals surface area contributed by atoms with E-state index in [1.54, 1.807) is 18.2 Å². The van der Waals surface area contributed by atoms with E-state index in [1.807, 2.05) is 6.92 Å². The molecule has 0 aliphatic heterocycles. The number of benzene rings is 1. The van der Waals surface area contributed by atoms with Gasteiger partial charge >= 0.3 is 0 Å². The molecule has 3 N–H and O–H groups in total. The first-order chi connectivity index (χ1) is 8.58. The van der Waals surface area contributed by atoms with Gasteiger partial charge in [0.15, 0.2) is 0 Å². The molecule has 0 saturated heterocycles. The second-order valence-corrected chi connectivity index (χ2v) is 4.88. The number of anilines is 2. The molecule has 100 valence electrons. The van der Waals surface area contributed by atoms with Crippen LogP contribution in [-0.4, -0.2) is 5.91 Å². The number of rotatable bonds is 6. The largest absolute Gasteiger partial charge is 0.399 e. The molecule has 3 nitrogen and oxygen atoms in total. The quantitative estimate of drug-likeness (QED) is 0.764. The lowest BCUT2D eigenvalue weighted by Crippen LogP contribution is -2.22. The molecule has 0 spiro atoms. The van der Waals surface area contributed by atoms with Gasteiger partial charge in [-0.3, -0.25) is 4.79 Å². The fraction of sp³-hybridized carbons (Fsp3) is 0.500. The van der Waals surface area contributed by atoms with Crippen LogP contribution in [0.3, 0.4) is 0 Å². The molecular weight excluding hydrogens is 248 g/mol. The maximum atomic E-state index is 12.1. The minimum Gasteiger partial charge on any atom is -0.399 e. The third-order valence-electron chi connectivity index (χ3n) is 3.02. The maximum absolute atomic E-state index is 12.1. The number of halogens is 1. The predicted octanol–water partition coefficient (Wildman–Crippen LogP) is 4.08. The third-order valence-corrected chi connectivity index (χ3v) is 3.33. The van der Waals surface area contributed by atoms with Gasteiger partial charge in [-0.2, -0.15) is 0 Å². The van der Waals surface area contributed by atoms with Crippen molar-refractivity contribution in [2.45, 2.75) is 39.5 Å². The van der Waals surface area contributed by atoms with Crippen LogP contribution < -0.4 is 11.1 Å². The number of nitrogens with two attached hydrogens (primary N) is 1. The first-order valence-corrected chi connectivity index (χ1v) is 6.82. The first kappa shape index (κ1) is 14.8. The lowest BCUT2D eigenvalue weighted by Gasteiger charge is -2.15. The van der Waals surface area contributed by atoms with Gasteiger partial charge in [-0.25, -0.2) is 0 Å². The molecule has 0 saturated carbocycles. The summed E-state index contributed by atoms with van der Waals surface area (Å²) in [4.78, 5) is 12.1. The number of carbonyl (C=O) groups is 1. The van der Waals surface area contributed by atoms with Gasteiger partial charge in [-0.05, 0) is 31.0 Å². The molecule has 1 unspecified atom stereocenters. The first-order valence-electron chi connectivity index (χ1n) is 6.44. The molecule has 18 heavy (non-hydrogen) atoms. The molecule has 0 bridgehead atoms. The smallest absolute Gasteiger partial charge is 0.227 e. The number of nitrogens with one attached hydrogen (secondary N) is 1. The molecule has 0 heterocycles. The van der Waals surface area contributed by atoms with Crippen LogP contribution in [0.15, 0.2) is 18.2 Å². The minimum absolute atomic E-state index is 0.0395. The summed E-state index contributed by atoms with van der Waals surface area (Å²) in [6, 6.07) is 5.11. The van der Waals surface area contributed by atoms with Crippen molar-refractivity contribution in [1.29, 1.82) is 0 Å². The zero-order chi connectivity index (χ0) is 13.5. The Balaban J connectivity index is 2.67. The molecule has 0 aromatic heterocycles. The Morgan fingerprint density at radius 2 is 2.17 bits per heavy atom. The highest BCUT2D eigenvalue weighted by atomic mass is 35.5. The van der Waals surface area contributed by atoms with Crippen molar-refractivity contribution in [2.75, 3.05) is 11.1 Å². The van der Waals surface area contributed by atoms with E-state index in [4.69, 9.17) is 17.3 Å². The van der Waals surface area contributed by atoms with Crippen molar-refractivity contribution in [1.82, 2.24) is 0 Å². The van der Waals surface area contributed by atoms with Gasteiger partial charge in [0.1, 0.15) is 0 Å². The fourth-order valence-corrected chi connectivity index (χ4v) is 2.07. The lowest BCUT2D eigenvalue weighted by molar-refractivity contribution is -0.120. The average molecular weight is 269 g/mol. The predicted molar refractivity (Wildman–Crippen MR) is 77.8 cm³/mol. The van der Waals surface area contributed by atoms with Crippen LogP contribution in [0.5, 0.6) is 0 Å². The molecular formula is C14H21ClN2O. The summed E-state index contributed by atoms with van der Waals surface area (Å²) in [5, 5.41) is 3.35. The molecule has 1 aromatic rings. The van der Waals surface area contributed by atoms with Crippen LogP contribution in [0, 0.1) is 5.92 Å². The summed E-state index contributed by atoms with van der Waals surface area (Å²) in [6.45, 7) is 4.16. The van der Waals surface area contributed by atoms with Gasteiger partial charge < -0.3 is 11.1 Å². The lowest BCUT2D eigenvalue weighted by atomic mass is 9.98. The summed E-state index contributed by atoms with van der Waals surface area (Å²) in [5.74, 6) is 0.0937. The monoisotopic (exact) mass is 268 g/mol. The highest BCUT2D eigenvalue weighted by Gasteiger charge is 2.16. The molecule has 1 aromatic carbocycles. The summed E-state index contributed by atoms with van der Waals surface area (Å²) in [5.41, 5.74) is 6.84. The van der Waals surface area contributed by atoms with Crippen molar-refractivity contribution in [2.24, 2.45) is 5.92 Å². The zero-order valence-corrected chi connectivity index (χ0v) is 11.8. The number of carbonyl (C=O) groups excluding carboxylic acids is 1. The van der Waals surface area contributed by atoms with E-state index >= 15 is 0 Å². The van der Waals surface area contributed by atoms with Crippen LogP contribution >= 0.6 is 11.6 Å². The highest BCUT2D eigenvalue weighted by Crippen LogP contribution is 2.25. The Hall–Kier alpha value is -1.22. The van der Waals surface area contributed by atoms with Crippen LogP contribution in [0.1, 0.15) is 39.5 Å². The summed E-state index contributed by atoms with van der Waals surface area (Å²) < 4.78 is 0. The number of nitrogen functional groups attached to an aromatic ring is 1. The topological polar surface area (TPSA) is 55.1 Å². The van der Waals surface area contributed by atoms with E-state index in [9.17, 15) is 4.79 Å². The molecule has 0 fully saturated rings. The van der Waals surface area contributed by atoms with E-state index in [0.717, 1.165) is 25.7 Å². The Morgan fingerprint density at radius 3 is 2.72 bits per heavy atom. The summed E-state index contributed by atoms with van der Waals surface area (Å²) >= 11 is 6.03. The minimum atomic E-state index is 0.0395. The SMILES string of the molecule is CCCCC(CC)C(=O)Nc1ccc(N)cc1Cl. The van der Waals surface area contributed by atoms with E-state index in [2.05, 4.69) is 12.2 Å². The van der Waals surface area contributed by atoms with Gasteiger partial charge in [-0.1, -0.05) is 38.3 Å². The van der Waals surface area contributed by atoms with E-state index in [1.165, 1.54) is 0 Å². The highest BCUT2D eigenvalue weighted by molar-refractivity contribution is 6.34. The summed E-state index contributed by atoms with van der Waals surface area (Å²) in [7, 11) is 0. The van der Waals surface area contributed by atoms with Gasteiger partial charge in [0, 0.05) is 11.6 Å². The van der Waals surface area contributed by atoms with Gasteiger partial charge in [0.05, 0.1) is 10.7 Å². The van der Waals surface area contributed by atoms with Gasteiger partial charge in [0.2, 0.25) is 5.91 Å². The fourth-order valence-electron chi connectivity index (χ4n) is 1.84. The standard InChI is InChI=1S/C14H21ClN2O/c1-3-5-6-10(4-2)14(18)17-13-8-7-11(16)9-12(13)15/h7-10H,3-6,16H2,1-2H3,(H,17,18). The van der Waals surface area contributed by atoms with Crippen LogP contribution in [-0.2, 0) is 4.79 Å². The maximum Gasteiger partial charge on any atom is 0.227 e. The molecule has 0 aliphatic rings.